The van der Waals surface area contributed by atoms with E-state index in [0.717, 1.165) is 11.3 Å². The van der Waals surface area contributed by atoms with Crippen LogP contribution < -0.4 is 5.32 Å². The van der Waals surface area contributed by atoms with Crippen molar-refractivity contribution in [1.82, 2.24) is 15.1 Å². The topological polar surface area (TPSA) is 59.3 Å². The highest BCUT2D eigenvalue weighted by atomic mass is 35.5. The maximum atomic E-state index is 10.1. The molecule has 1 saturated heterocycles. The van der Waals surface area contributed by atoms with Gasteiger partial charge in [0.05, 0.1) is 12.3 Å². The zero-order valence-electron chi connectivity index (χ0n) is 10.2. The average molecular weight is 260 g/mol. The van der Waals surface area contributed by atoms with Crippen molar-refractivity contribution in [3.8, 4) is 0 Å². The maximum absolute atomic E-state index is 10.1. The predicted octanol–water partition coefficient (Wildman–Crippen LogP) is 0.623. The number of halogens is 1. The summed E-state index contributed by atoms with van der Waals surface area (Å²) >= 11 is 6.12. The second-order valence-corrected chi connectivity index (χ2v) is 4.97. The van der Waals surface area contributed by atoms with Crippen molar-refractivity contribution in [2.45, 2.75) is 25.5 Å². The Balaban J connectivity index is 1.89. The van der Waals surface area contributed by atoms with Gasteiger partial charge in [0.15, 0.2) is 0 Å². The number of aryl methyl sites for hydroxylation is 2. The molecule has 0 aliphatic carbocycles. The Kier molecular flexibility index (Phi) is 3.73. The van der Waals surface area contributed by atoms with Gasteiger partial charge in [-0.3, -0.25) is 4.68 Å². The first-order chi connectivity index (χ1) is 8.02. The summed E-state index contributed by atoms with van der Waals surface area (Å²) < 4.78 is 6.84. The Hall–Kier alpha value is -0.620. The number of hydrogen-bond acceptors (Lipinski definition) is 4. The van der Waals surface area contributed by atoms with Crippen molar-refractivity contribution in [1.29, 1.82) is 0 Å². The summed E-state index contributed by atoms with van der Waals surface area (Å²) in [5, 5.41) is 18.2. The minimum Gasteiger partial charge on any atom is -0.386 e. The van der Waals surface area contributed by atoms with Crippen LogP contribution in [0.25, 0.3) is 0 Å². The molecular formula is C11H18ClN3O2. The van der Waals surface area contributed by atoms with Crippen LogP contribution >= 0.6 is 11.6 Å². The third kappa shape index (κ3) is 2.80. The molecule has 0 radical (unpaired) electrons. The quantitative estimate of drug-likeness (QED) is 0.833. The number of aromatic nitrogens is 2. The van der Waals surface area contributed by atoms with Gasteiger partial charge in [-0.15, -0.1) is 0 Å². The largest absolute Gasteiger partial charge is 0.386 e. The fraction of sp³-hybridized carbons (Fsp3) is 0.727. The molecule has 0 bridgehead atoms. The lowest BCUT2D eigenvalue weighted by Gasteiger charge is -2.20. The van der Waals surface area contributed by atoms with Crippen LogP contribution in [0.4, 0.5) is 0 Å². The van der Waals surface area contributed by atoms with E-state index < -0.39 is 5.60 Å². The molecule has 1 aliphatic heterocycles. The molecule has 1 aliphatic rings. The Morgan fingerprint density at radius 3 is 2.94 bits per heavy atom. The Morgan fingerprint density at radius 2 is 2.41 bits per heavy atom. The van der Waals surface area contributed by atoms with Crippen LogP contribution in [0, 0.1) is 6.92 Å². The van der Waals surface area contributed by atoms with Crippen molar-refractivity contribution in [3.63, 3.8) is 0 Å². The highest BCUT2D eigenvalue weighted by Gasteiger charge is 2.31. The third-order valence-corrected chi connectivity index (χ3v) is 3.58. The van der Waals surface area contributed by atoms with Crippen molar-refractivity contribution < 1.29 is 9.84 Å². The van der Waals surface area contributed by atoms with E-state index in [1.807, 2.05) is 14.0 Å². The smallest absolute Gasteiger partial charge is 0.131 e. The van der Waals surface area contributed by atoms with Crippen LogP contribution in [0.1, 0.15) is 17.7 Å². The summed E-state index contributed by atoms with van der Waals surface area (Å²) in [5.41, 5.74) is 1.17. The van der Waals surface area contributed by atoms with Gasteiger partial charge < -0.3 is 15.2 Å². The molecule has 0 amide bonds. The van der Waals surface area contributed by atoms with E-state index in [4.69, 9.17) is 16.3 Å². The van der Waals surface area contributed by atoms with Crippen LogP contribution in [0.15, 0.2) is 0 Å². The molecule has 2 N–H and O–H groups in total. The highest BCUT2D eigenvalue weighted by molar-refractivity contribution is 6.30. The van der Waals surface area contributed by atoms with Gasteiger partial charge in [-0.1, -0.05) is 11.6 Å². The summed E-state index contributed by atoms with van der Waals surface area (Å²) in [5.74, 6) is 0. The molecule has 0 spiro atoms. The van der Waals surface area contributed by atoms with Crippen molar-refractivity contribution in [2.75, 3.05) is 19.8 Å². The minimum atomic E-state index is -0.734. The van der Waals surface area contributed by atoms with Crippen LogP contribution in [0.3, 0.4) is 0 Å². The molecule has 1 aromatic rings. The monoisotopic (exact) mass is 259 g/mol. The zero-order valence-corrected chi connectivity index (χ0v) is 10.9. The van der Waals surface area contributed by atoms with Gasteiger partial charge in [0.25, 0.3) is 0 Å². The van der Waals surface area contributed by atoms with Gasteiger partial charge in [0.2, 0.25) is 0 Å². The number of aliphatic hydroxyl groups is 1. The van der Waals surface area contributed by atoms with Crippen LogP contribution in [-0.2, 0) is 18.3 Å². The van der Waals surface area contributed by atoms with Crippen molar-refractivity contribution >= 4 is 11.6 Å². The number of nitrogens with zero attached hydrogens (tertiary/aromatic N) is 2. The zero-order chi connectivity index (χ0) is 12.5. The first-order valence-corrected chi connectivity index (χ1v) is 6.08. The van der Waals surface area contributed by atoms with E-state index in [1.165, 1.54) is 0 Å². The van der Waals surface area contributed by atoms with Crippen LogP contribution in [0.5, 0.6) is 0 Å². The highest BCUT2D eigenvalue weighted by Crippen LogP contribution is 2.20. The summed E-state index contributed by atoms with van der Waals surface area (Å²) in [6, 6.07) is 0. The average Bonchev–Trinajstić information content (AvgIpc) is 2.79. The van der Waals surface area contributed by atoms with Crippen LogP contribution in [0.2, 0.25) is 5.15 Å². The molecular weight excluding hydrogens is 242 g/mol. The lowest BCUT2D eigenvalue weighted by molar-refractivity contribution is 0.0268. The van der Waals surface area contributed by atoms with Gasteiger partial charge >= 0.3 is 0 Å². The second-order valence-electron chi connectivity index (χ2n) is 4.61. The number of ether oxygens (including phenoxy) is 1. The maximum Gasteiger partial charge on any atom is 0.131 e. The molecule has 17 heavy (non-hydrogen) atoms. The van der Waals surface area contributed by atoms with E-state index >= 15 is 0 Å². The van der Waals surface area contributed by atoms with E-state index in [2.05, 4.69) is 10.4 Å². The summed E-state index contributed by atoms with van der Waals surface area (Å²) in [6.45, 7) is 4.08. The number of rotatable bonds is 4. The van der Waals surface area contributed by atoms with E-state index in [0.29, 0.717) is 37.9 Å². The Morgan fingerprint density at radius 1 is 1.65 bits per heavy atom. The lowest BCUT2D eigenvalue weighted by Crippen LogP contribution is -2.40. The molecule has 1 fully saturated rings. The van der Waals surface area contributed by atoms with E-state index in [9.17, 15) is 5.11 Å². The Bertz CT molecular complexity index is 400. The van der Waals surface area contributed by atoms with E-state index in [-0.39, 0.29) is 0 Å². The predicted molar refractivity (Wildman–Crippen MR) is 65.0 cm³/mol. The molecule has 5 nitrogen and oxygen atoms in total. The first-order valence-electron chi connectivity index (χ1n) is 5.71. The normalized spacial score (nSPS) is 24.5. The van der Waals surface area contributed by atoms with Gasteiger partial charge in [0.1, 0.15) is 10.8 Å². The summed E-state index contributed by atoms with van der Waals surface area (Å²) in [4.78, 5) is 0. The molecule has 1 unspecified atom stereocenters. The SMILES string of the molecule is Cc1nn(C)c(Cl)c1CNCC1(O)CCOC1. The minimum absolute atomic E-state index is 0.403. The van der Waals surface area contributed by atoms with Gasteiger partial charge in [0, 0.05) is 38.7 Å². The van der Waals surface area contributed by atoms with Gasteiger partial charge in [-0.2, -0.15) is 5.10 Å². The molecule has 0 aromatic carbocycles. The standard InChI is InChI=1S/C11H18ClN3O2/c1-8-9(10(12)15(2)14-8)5-13-6-11(16)3-4-17-7-11/h13,16H,3-7H2,1-2H3. The van der Waals surface area contributed by atoms with Gasteiger partial charge in [-0.25, -0.2) is 0 Å². The van der Waals surface area contributed by atoms with Crippen molar-refractivity contribution in [2.24, 2.45) is 7.05 Å². The number of nitrogens with one attached hydrogen (secondary N) is 1. The molecule has 2 heterocycles. The second kappa shape index (κ2) is 4.94. The van der Waals surface area contributed by atoms with Crippen molar-refractivity contribution in [3.05, 3.63) is 16.4 Å². The van der Waals surface area contributed by atoms with Crippen LogP contribution in [-0.4, -0.2) is 40.2 Å². The summed E-state index contributed by atoms with van der Waals surface area (Å²) in [7, 11) is 1.82. The molecule has 2 rings (SSSR count). The third-order valence-electron chi connectivity index (χ3n) is 3.11. The van der Waals surface area contributed by atoms with Gasteiger partial charge in [-0.05, 0) is 6.92 Å². The molecule has 0 saturated carbocycles. The molecule has 1 aromatic heterocycles. The number of hydrogen-bond donors (Lipinski definition) is 2. The fourth-order valence-corrected chi connectivity index (χ4v) is 2.27. The molecule has 6 heteroatoms. The Labute approximate surface area is 106 Å². The lowest BCUT2D eigenvalue weighted by atomic mass is 10.0. The summed E-state index contributed by atoms with van der Waals surface area (Å²) in [6.07, 6.45) is 0.680. The fourth-order valence-electron chi connectivity index (χ4n) is 2.03. The van der Waals surface area contributed by atoms with E-state index in [1.54, 1.807) is 4.68 Å². The first kappa shape index (κ1) is 12.8. The molecule has 96 valence electrons. The molecule has 1 atom stereocenters.